The standard InChI is InChI=1S/C26H22F2O/c1-2-3-16-29-25-15-14-18-12-13-19(20-8-4-6-10-23(20)27)17-22(18)26(25)21-9-5-7-11-24(21)28/h4-15,17H,2-3,16H2,1H3. The molecule has 0 aliphatic heterocycles. The maximum absolute atomic E-state index is 14.7. The third-order valence-corrected chi connectivity index (χ3v) is 5.07. The van der Waals surface area contributed by atoms with E-state index in [1.165, 1.54) is 12.1 Å². The molecular formula is C26H22F2O. The number of benzene rings is 4. The predicted octanol–water partition coefficient (Wildman–Crippen LogP) is 7.63. The second-order valence-corrected chi connectivity index (χ2v) is 7.04. The molecule has 146 valence electrons. The fourth-order valence-corrected chi connectivity index (χ4v) is 3.55. The van der Waals surface area contributed by atoms with Crippen LogP contribution in [0.2, 0.25) is 0 Å². The molecule has 1 nitrogen and oxygen atoms in total. The SMILES string of the molecule is CCCCOc1ccc2ccc(-c3ccccc3F)cc2c1-c1ccccc1F. The van der Waals surface area contributed by atoms with Gasteiger partial charge in [0.05, 0.1) is 6.61 Å². The Morgan fingerprint density at radius 3 is 2.10 bits per heavy atom. The summed E-state index contributed by atoms with van der Waals surface area (Å²) in [4.78, 5) is 0. The maximum Gasteiger partial charge on any atom is 0.131 e. The van der Waals surface area contributed by atoms with Gasteiger partial charge in [0.2, 0.25) is 0 Å². The van der Waals surface area contributed by atoms with Gasteiger partial charge in [0.25, 0.3) is 0 Å². The van der Waals surface area contributed by atoms with Gasteiger partial charge < -0.3 is 4.74 Å². The van der Waals surface area contributed by atoms with Gasteiger partial charge in [-0.25, -0.2) is 8.78 Å². The van der Waals surface area contributed by atoms with Gasteiger partial charge in [-0.3, -0.25) is 0 Å². The third kappa shape index (κ3) is 3.86. The van der Waals surface area contributed by atoms with Crippen molar-refractivity contribution >= 4 is 10.8 Å². The number of rotatable bonds is 6. The Balaban J connectivity index is 1.95. The van der Waals surface area contributed by atoms with Crippen molar-refractivity contribution in [2.75, 3.05) is 6.61 Å². The first-order valence-corrected chi connectivity index (χ1v) is 9.88. The van der Waals surface area contributed by atoms with Crippen LogP contribution in [0.3, 0.4) is 0 Å². The molecule has 0 atom stereocenters. The van der Waals surface area contributed by atoms with Crippen molar-refractivity contribution in [3.63, 3.8) is 0 Å². The van der Waals surface area contributed by atoms with Crippen LogP contribution in [0.5, 0.6) is 5.75 Å². The van der Waals surface area contributed by atoms with Gasteiger partial charge in [-0.15, -0.1) is 0 Å². The number of halogens is 2. The van der Waals surface area contributed by atoms with Crippen LogP contribution in [0.15, 0.2) is 78.9 Å². The molecule has 0 N–H and O–H groups in total. The molecule has 0 fully saturated rings. The van der Waals surface area contributed by atoms with E-state index in [0.29, 0.717) is 29.0 Å². The van der Waals surface area contributed by atoms with E-state index in [1.807, 2.05) is 42.5 Å². The lowest BCUT2D eigenvalue weighted by atomic mass is 9.93. The summed E-state index contributed by atoms with van der Waals surface area (Å²) < 4.78 is 35.1. The highest BCUT2D eigenvalue weighted by molar-refractivity contribution is 6.01. The molecule has 4 rings (SSSR count). The lowest BCUT2D eigenvalue weighted by Gasteiger charge is -2.16. The van der Waals surface area contributed by atoms with E-state index in [9.17, 15) is 8.78 Å². The van der Waals surface area contributed by atoms with Crippen LogP contribution < -0.4 is 4.74 Å². The van der Waals surface area contributed by atoms with Gasteiger partial charge in [0.1, 0.15) is 17.4 Å². The molecule has 0 aliphatic rings. The van der Waals surface area contributed by atoms with Gasteiger partial charge in [-0.05, 0) is 47.0 Å². The minimum Gasteiger partial charge on any atom is -0.493 e. The van der Waals surface area contributed by atoms with Crippen molar-refractivity contribution in [2.45, 2.75) is 19.8 Å². The highest BCUT2D eigenvalue weighted by atomic mass is 19.1. The Morgan fingerprint density at radius 1 is 0.759 bits per heavy atom. The van der Waals surface area contributed by atoms with Crippen LogP contribution in [-0.4, -0.2) is 6.61 Å². The minimum absolute atomic E-state index is 0.283. The molecule has 0 heterocycles. The summed E-state index contributed by atoms with van der Waals surface area (Å²) in [5, 5.41) is 1.79. The van der Waals surface area contributed by atoms with Crippen LogP contribution >= 0.6 is 0 Å². The smallest absolute Gasteiger partial charge is 0.131 e. The van der Waals surface area contributed by atoms with Crippen LogP contribution in [0.1, 0.15) is 19.8 Å². The molecule has 29 heavy (non-hydrogen) atoms. The fraction of sp³-hybridized carbons (Fsp3) is 0.154. The van der Waals surface area contributed by atoms with E-state index in [0.717, 1.165) is 29.2 Å². The first kappa shape index (κ1) is 19.1. The number of hydrogen-bond donors (Lipinski definition) is 0. The van der Waals surface area contributed by atoms with Gasteiger partial charge in [-0.1, -0.05) is 67.9 Å². The van der Waals surface area contributed by atoms with E-state index < -0.39 is 0 Å². The summed E-state index contributed by atoms with van der Waals surface area (Å²) in [6.45, 7) is 2.67. The summed E-state index contributed by atoms with van der Waals surface area (Å²) in [5.74, 6) is 0.0491. The zero-order valence-corrected chi connectivity index (χ0v) is 16.3. The second-order valence-electron chi connectivity index (χ2n) is 7.04. The summed E-state index contributed by atoms with van der Waals surface area (Å²) >= 11 is 0. The lowest BCUT2D eigenvalue weighted by molar-refractivity contribution is 0.311. The average molecular weight is 388 g/mol. The zero-order chi connectivity index (χ0) is 20.2. The molecule has 4 aromatic carbocycles. The largest absolute Gasteiger partial charge is 0.493 e. The topological polar surface area (TPSA) is 9.23 Å². The molecule has 0 spiro atoms. The summed E-state index contributed by atoms with van der Waals surface area (Å²) in [7, 11) is 0. The molecule has 0 saturated carbocycles. The van der Waals surface area contributed by atoms with E-state index >= 15 is 0 Å². The molecule has 0 radical (unpaired) electrons. The van der Waals surface area contributed by atoms with Crippen LogP contribution in [0.25, 0.3) is 33.0 Å². The number of unbranched alkanes of at least 4 members (excludes halogenated alkanes) is 1. The van der Waals surface area contributed by atoms with E-state index in [2.05, 4.69) is 6.92 Å². The summed E-state index contributed by atoms with van der Waals surface area (Å²) in [6.07, 6.45) is 1.93. The molecule has 0 aliphatic carbocycles. The fourth-order valence-electron chi connectivity index (χ4n) is 3.55. The van der Waals surface area contributed by atoms with Gasteiger partial charge in [0.15, 0.2) is 0 Å². The van der Waals surface area contributed by atoms with Crippen LogP contribution in [-0.2, 0) is 0 Å². The molecule has 0 aromatic heterocycles. The monoisotopic (exact) mass is 388 g/mol. The van der Waals surface area contributed by atoms with Gasteiger partial charge >= 0.3 is 0 Å². The zero-order valence-electron chi connectivity index (χ0n) is 16.3. The molecular weight excluding hydrogens is 366 g/mol. The first-order chi connectivity index (χ1) is 14.2. The van der Waals surface area contributed by atoms with E-state index in [-0.39, 0.29) is 11.6 Å². The number of fused-ring (bicyclic) bond motifs is 1. The van der Waals surface area contributed by atoms with Gasteiger partial charge in [0, 0.05) is 16.7 Å². The van der Waals surface area contributed by atoms with Crippen molar-refractivity contribution < 1.29 is 13.5 Å². The summed E-state index contributed by atoms with van der Waals surface area (Å²) in [6, 6.07) is 23.0. The van der Waals surface area contributed by atoms with Crippen molar-refractivity contribution in [3.8, 4) is 28.0 Å². The Morgan fingerprint density at radius 2 is 1.41 bits per heavy atom. The Hall–Kier alpha value is -3.20. The summed E-state index contributed by atoms with van der Waals surface area (Å²) in [5.41, 5.74) is 2.45. The maximum atomic E-state index is 14.7. The number of hydrogen-bond acceptors (Lipinski definition) is 1. The Kier molecular flexibility index (Phi) is 5.57. The minimum atomic E-state index is -0.309. The molecule has 0 bridgehead atoms. The first-order valence-electron chi connectivity index (χ1n) is 9.88. The van der Waals surface area contributed by atoms with Crippen LogP contribution in [0.4, 0.5) is 8.78 Å². The Bertz CT molecular complexity index is 1150. The van der Waals surface area contributed by atoms with E-state index in [4.69, 9.17) is 4.74 Å². The van der Waals surface area contributed by atoms with Crippen molar-refractivity contribution in [1.29, 1.82) is 0 Å². The van der Waals surface area contributed by atoms with Crippen molar-refractivity contribution in [2.24, 2.45) is 0 Å². The average Bonchev–Trinajstić information content (AvgIpc) is 2.74. The normalized spacial score (nSPS) is 11.0. The highest BCUT2D eigenvalue weighted by Gasteiger charge is 2.16. The van der Waals surface area contributed by atoms with Gasteiger partial charge in [-0.2, -0.15) is 0 Å². The third-order valence-electron chi connectivity index (χ3n) is 5.07. The second kappa shape index (κ2) is 8.44. The van der Waals surface area contributed by atoms with E-state index in [1.54, 1.807) is 24.3 Å². The highest BCUT2D eigenvalue weighted by Crippen LogP contribution is 2.40. The quantitative estimate of drug-likeness (QED) is 0.309. The Labute approximate surface area is 169 Å². The molecule has 3 heteroatoms. The number of ether oxygens (including phenoxy) is 1. The molecule has 0 unspecified atom stereocenters. The van der Waals surface area contributed by atoms with Crippen LogP contribution in [0, 0.1) is 11.6 Å². The van der Waals surface area contributed by atoms with Crippen molar-refractivity contribution in [3.05, 3.63) is 90.5 Å². The lowest BCUT2D eigenvalue weighted by Crippen LogP contribution is -1.99. The molecule has 0 saturated heterocycles. The molecule has 4 aromatic rings. The molecule has 0 amide bonds. The predicted molar refractivity (Wildman–Crippen MR) is 115 cm³/mol. The van der Waals surface area contributed by atoms with Crippen molar-refractivity contribution in [1.82, 2.24) is 0 Å².